The van der Waals surface area contributed by atoms with E-state index in [1.165, 1.54) is 6.42 Å². The molecule has 0 saturated heterocycles. The summed E-state index contributed by atoms with van der Waals surface area (Å²) in [5.74, 6) is 1.63. The van der Waals surface area contributed by atoms with Gasteiger partial charge < -0.3 is 10.6 Å². The van der Waals surface area contributed by atoms with Gasteiger partial charge in [-0.25, -0.2) is 4.98 Å². The van der Waals surface area contributed by atoms with Gasteiger partial charge in [-0.05, 0) is 27.2 Å². The minimum absolute atomic E-state index is 0.452. The molecule has 4 nitrogen and oxygen atoms in total. The van der Waals surface area contributed by atoms with E-state index in [0.717, 1.165) is 24.3 Å². The second-order valence-corrected chi connectivity index (χ2v) is 4.09. The van der Waals surface area contributed by atoms with Gasteiger partial charge in [0.25, 0.3) is 0 Å². The van der Waals surface area contributed by atoms with Gasteiger partial charge in [-0.3, -0.25) is 0 Å². The van der Waals surface area contributed by atoms with Crippen LogP contribution in [0.25, 0.3) is 0 Å². The molecule has 0 aliphatic rings. The summed E-state index contributed by atoms with van der Waals surface area (Å²) in [4.78, 5) is 8.67. The second kappa shape index (κ2) is 6.30. The lowest BCUT2D eigenvalue weighted by molar-refractivity contribution is 0.686. The molecule has 0 aromatic carbocycles. The summed E-state index contributed by atoms with van der Waals surface area (Å²) in [5, 5.41) is 6.54. The standard InChI is InChI=1S/C12H22N4/c1-5-7-10(4)15-11-9(3)8-14-12(16-11)13-6-2/h8,10H,5-7H2,1-4H3,(H2,13,14,15,16). The highest BCUT2D eigenvalue weighted by molar-refractivity contribution is 5.46. The van der Waals surface area contributed by atoms with Gasteiger partial charge in [-0.2, -0.15) is 4.98 Å². The SMILES string of the molecule is CCCC(C)Nc1nc(NCC)ncc1C. The highest BCUT2D eigenvalue weighted by atomic mass is 15.1. The van der Waals surface area contributed by atoms with E-state index in [1.54, 1.807) is 0 Å². The molecule has 1 unspecified atom stereocenters. The molecule has 1 aromatic heterocycles. The van der Waals surface area contributed by atoms with Gasteiger partial charge in [0.15, 0.2) is 0 Å². The smallest absolute Gasteiger partial charge is 0.224 e. The zero-order valence-corrected chi connectivity index (χ0v) is 10.7. The third kappa shape index (κ3) is 3.68. The van der Waals surface area contributed by atoms with Crippen LogP contribution in [-0.4, -0.2) is 22.6 Å². The largest absolute Gasteiger partial charge is 0.367 e. The summed E-state index contributed by atoms with van der Waals surface area (Å²) >= 11 is 0. The van der Waals surface area contributed by atoms with Crippen LogP contribution < -0.4 is 10.6 Å². The lowest BCUT2D eigenvalue weighted by atomic mass is 10.2. The maximum absolute atomic E-state index is 4.45. The van der Waals surface area contributed by atoms with Gasteiger partial charge >= 0.3 is 0 Å². The van der Waals surface area contributed by atoms with Crippen molar-refractivity contribution in [3.63, 3.8) is 0 Å². The lowest BCUT2D eigenvalue weighted by Gasteiger charge is -2.15. The fraction of sp³-hybridized carbons (Fsp3) is 0.667. The number of nitrogens with zero attached hydrogens (tertiary/aromatic N) is 2. The van der Waals surface area contributed by atoms with Crippen molar-refractivity contribution in [2.75, 3.05) is 17.2 Å². The molecule has 1 aromatic rings. The van der Waals surface area contributed by atoms with E-state index in [9.17, 15) is 0 Å². The van der Waals surface area contributed by atoms with Crippen LogP contribution in [0.4, 0.5) is 11.8 Å². The van der Waals surface area contributed by atoms with Crippen molar-refractivity contribution in [3.8, 4) is 0 Å². The van der Waals surface area contributed by atoms with Crippen molar-refractivity contribution < 1.29 is 0 Å². The van der Waals surface area contributed by atoms with Crippen LogP contribution in [0.5, 0.6) is 0 Å². The first-order valence-electron chi connectivity index (χ1n) is 6.01. The van der Waals surface area contributed by atoms with Crippen LogP contribution >= 0.6 is 0 Å². The number of nitrogens with one attached hydrogen (secondary N) is 2. The zero-order chi connectivity index (χ0) is 12.0. The third-order valence-electron chi connectivity index (χ3n) is 2.41. The Hall–Kier alpha value is -1.32. The Morgan fingerprint density at radius 3 is 2.75 bits per heavy atom. The summed E-state index contributed by atoms with van der Waals surface area (Å²) in [5.41, 5.74) is 1.09. The first-order chi connectivity index (χ1) is 7.67. The topological polar surface area (TPSA) is 49.8 Å². The number of aromatic nitrogens is 2. The van der Waals surface area contributed by atoms with Gasteiger partial charge in [0, 0.05) is 24.3 Å². The molecule has 0 bridgehead atoms. The Morgan fingerprint density at radius 2 is 2.12 bits per heavy atom. The van der Waals surface area contributed by atoms with E-state index in [2.05, 4.69) is 34.4 Å². The van der Waals surface area contributed by atoms with E-state index in [-0.39, 0.29) is 0 Å². The summed E-state index contributed by atoms with van der Waals surface area (Å²) in [6.07, 6.45) is 4.18. The number of rotatable bonds is 6. The molecular weight excluding hydrogens is 200 g/mol. The van der Waals surface area contributed by atoms with Crippen molar-refractivity contribution in [1.82, 2.24) is 9.97 Å². The van der Waals surface area contributed by atoms with Gasteiger partial charge in [0.2, 0.25) is 5.95 Å². The average molecular weight is 222 g/mol. The molecule has 0 spiro atoms. The highest BCUT2D eigenvalue weighted by Gasteiger charge is 2.06. The first kappa shape index (κ1) is 12.7. The van der Waals surface area contributed by atoms with Crippen molar-refractivity contribution >= 4 is 11.8 Å². The van der Waals surface area contributed by atoms with Crippen molar-refractivity contribution in [3.05, 3.63) is 11.8 Å². The molecule has 1 atom stereocenters. The average Bonchev–Trinajstić information content (AvgIpc) is 2.24. The van der Waals surface area contributed by atoms with E-state index in [1.807, 2.05) is 20.0 Å². The first-order valence-corrected chi connectivity index (χ1v) is 6.01. The third-order valence-corrected chi connectivity index (χ3v) is 2.41. The molecule has 0 aliphatic heterocycles. The van der Waals surface area contributed by atoms with Gasteiger partial charge in [0.05, 0.1) is 0 Å². The maximum atomic E-state index is 4.45. The lowest BCUT2D eigenvalue weighted by Crippen LogP contribution is -2.17. The van der Waals surface area contributed by atoms with Gasteiger partial charge in [0.1, 0.15) is 5.82 Å². The Labute approximate surface area is 97.9 Å². The molecule has 4 heteroatoms. The number of hydrogen-bond donors (Lipinski definition) is 2. The fourth-order valence-corrected chi connectivity index (χ4v) is 1.57. The van der Waals surface area contributed by atoms with E-state index < -0.39 is 0 Å². The molecule has 0 amide bonds. The molecule has 0 aliphatic carbocycles. The Bertz CT molecular complexity index is 325. The normalized spacial score (nSPS) is 12.2. The molecule has 2 N–H and O–H groups in total. The van der Waals surface area contributed by atoms with Crippen LogP contribution in [0.15, 0.2) is 6.20 Å². The Morgan fingerprint density at radius 1 is 1.38 bits per heavy atom. The van der Waals surface area contributed by atoms with E-state index in [4.69, 9.17) is 0 Å². The predicted molar refractivity (Wildman–Crippen MR) is 68.9 cm³/mol. The van der Waals surface area contributed by atoms with Crippen LogP contribution in [-0.2, 0) is 0 Å². The molecule has 90 valence electrons. The molecule has 0 fully saturated rings. The molecular formula is C12H22N4. The van der Waals surface area contributed by atoms with Crippen molar-refractivity contribution in [2.45, 2.75) is 46.6 Å². The number of aryl methyl sites for hydroxylation is 1. The number of hydrogen-bond acceptors (Lipinski definition) is 4. The van der Waals surface area contributed by atoms with Crippen LogP contribution in [0, 0.1) is 6.92 Å². The Balaban J connectivity index is 2.73. The monoisotopic (exact) mass is 222 g/mol. The van der Waals surface area contributed by atoms with Crippen LogP contribution in [0.2, 0.25) is 0 Å². The molecule has 1 heterocycles. The van der Waals surface area contributed by atoms with Crippen molar-refractivity contribution in [1.29, 1.82) is 0 Å². The van der Waals surface area contributed by atoms with Gasteiger partial charge in [-0.15, -0.1) is 0 Å². The van der Waals surface area contributed by atoms with Gasteiger partial charge in [-0.1, -0.05) is 13.3 Å². The van der Waals surface area contributed by atoms with Crippen LogP contribution in [0.1, 0.15) is 39.2 Å². The summed E-state index contributed by atoms with van der Waals surface area (Å²) in [6, 6.07) is 0.452. The number of anilines is 2. The zero-order valence-electron chi connectivity index (χ0n) is 10.7. The minimum atomic E-state index is 0.452. The molecule has 16 heavy (non-hydrogen) atoms. The quantitative estimate of drug-likeness (QED) is 0.777. The molecule has 0 saturated carbocycles. The van der Waals surface area contributed by atoms with E-state index in [0.29, 0.717) is 12.0 Å². The summed E-state index contributed by atoms with van der Waals surface area (Å²) < 4.78 is 0. The minimum Gasteiger partial charge on any atom is -0.367 e. The predicted octanol–water partition coefficient (Wildman–Crippen LogP) is 2.82. The maximum Gasteiger partial charge on any atom is 0.224 e. The Kier molecular flexibility index (Phi) is 5.02. The van der Waals surface area contributed by atoms with E-state index >= 15 is 0 Å². The highest BCUT2D eigenvalue weighted by Crippen LogP contribution is 2.14. The van der Waals surface area contributed by atoms with Crippen molar-refractivity contribution in [2.24, 2.45) is 0 Å². The molecule has 1 rings (SSSR count). The fourth-order valence-electron chi connectivity index (χ4n) is 1.57. The summed E-state index contributed by atoms with van der Waals surface area (Å²) in [7, 11) is 0. The molecule has 0 radical (unpaired) electrons. The summed E-state index contributed by atoms with van der Waals surface area (Å²) in [6.45, 7) is 9.27. The second-order valence-electron chi connectivity index (χ2n) is 4.09. The van der Waals surface area contributed by atoms with Crippen LogP contribution in [0.3, 0.4) is 0 Å².